The van der Waals surface area contributed by atoms with Crippen LogP contribution in [-0.2, 0) is 0 Å². The predicted molar refractivity (Wildman–Crippen MR) is 64.9 cm³/mol. The smallest absolute Gasteiger partial charge is 0.142 e. The van der Waals surface area contributed by atoms with Crippen molar-refractivity contribution in [1.29, 1.82) is 0 Å². The molecule has 0 fully saturated rings. The lowest BCUT2D eigenvalue weighted by molar-refractivity contribution is 0.416. The van der Waals surface area contributed by atoms with E-state index in [2.05, 4.69) is 5.32 Å². The summed E-state index contributed by atoms with van der Waals surface area (Å²) >= 11 is 6.03. The minimum Gasteiger partial charge on any atom is -0.495 e. The van der Waals surface area contributed by atoms with Gasteiger partial charge in [0.2, 0.25) is 0 Å². The second-order valence-electron chi connectivity index (χ2n) is 3.66. The quantitative estimate of drug-likeness (QED) is 0.832. The number of methoxy groups -OCH3 is 1. The summed E-state index contributed by atoms with van der Waals surface area (Å²) in [4.78, 5) is 0. The first-order chi connectivity index (χ1) is 7.04. The van der Waals surface area contributed by atoms with Gasteiger partial charge in [0.1, 0.15) is 5.75 Å². The zero-order valence-electron chi connectivity index (χ0n) is 9.30. The Hall–Kier alpha value is -0.930. The van der Waals surface area contributed by atoms with Crippen molar-refractivity contribution < 1.29 is 4.74 Å². The molecule has 3 N–H and O–H groups in total. The Balaban J connectivity index is 2.89. The Labute approximate surface area is 95.6 Å². The fourth-order valence-electron chi connectivity index (χ4n) is 1.23. The molecule has 0 heterocycles. The molecule has 0 aliphatic rings. The van der Waals surface area contributed by atoms with E-state index in [1.54, 1.807) is 7.11 Å². The van der Waals surface area contributed by atoms with Crippen molar-refractivity contribution in [3.63, 3.8) is 0 Å². The van der Waals surface area contributed by atoms with E-state index in [-0.39, 0.29) is 6.04 Å². The van der Waals surface area contributed by atoms with Crippen LogP contribution in [0.15, 0.2) is 12.1 Å². The van der Waals surface area contributed by atoms with Crippen LogP contribution in [0.25, 0.3) is 0 Å². The molecule has 4 heteroatoms. The average molecular weight is 229 g/mol. The summed E-state index contributed by atoms with van der Waals surface area (Å²) in [6.07, 6.45) is 0. The van der Waals surface area contributed by atoms with E-state index in [4.69, 9.17) is 22.1 Å². The Bertz CT molecular complexity index is 340. The largest absolute Gasteiger partial charge is 0.495 e. The molecule has 0 radical (unpaired) electrons. The van der Waals surface area contributed by atoms with E-state index in [0.29, 0.717) is 6.54 Å². The number of anilines is 1. The zero-order valence-corrected chi connectivity index (χ0v) is 10.1. The van der Waals surface area contributed by atoms with Crippen molar-refractivity contribution in [2.24, 2.45) is 5.73 Å². The van der Waals surface area contributed by atoms with Gasteiger partial charge in [-0.15, -0.1) is 0 Å². The summed E-state index contributed by atoms with van der Waals surface area (Å²) in [5, 5.41) is 3.92. The van der Waals surface area contributed by atoms with E-state index in [1.807, 2.05) is 26.0 Å². The number of benzene rings is 1. The third-order valence-corrected chi connectivity index (χ3v) is 2.50. The minimum absolute atomic E-state index is 0.0924. The summed E-state index contributed by atoms with van der Waals surface area (Å²) in [6.45, 7) is 4.57. The Morgan fingerprint density at radius 1 is 1.53 bits per heavy atom. The molecule has 0 bridgehead atoms. The summed E-state index contributed by atoms with van der Waals surface area (Å²) in [5.74, 6) is 0.789. The lowest BCUT2D eigenvalue weighted by atomic mass is 10.2. The molecule has 1 unspecified atom stereocenters. The lowest BCUT2D eigenvalue weighted by Crippen LogP contribution is -2.25. The summed E-state index contributed by atoms with van der Waals surface area (Å²) in [7, 11) is 1.64. The number of ether oxygens (including phenoxy) is 1. The van der Waals surface area contributed by atoms with E-state index >= 15 is 0 Å². The van der Waals surface area contributed by atoms with Crippen LogP contribution in [0.3, 0.4) is 0 Å². The molecular formula is C11H17ClN2O. The molecule has 1 rings (SSSR count). The summed E-state index contributed by atoms with van der Waals surface area (Å²) in [6, 6.07) is 3.86. The monoisotopic (exact) mass is 228 g/mol. The van der Waals surface area contributed by atoms with Crippen molar-refractivity contribution in [2.45, 2.75) is 19.9 Å². The van der Waals surface area contributed by atoms with Crippen LogP contribution in [-0.4, -0.2) is 19.7 Å². The first kappa shape index (κ1) is 12.1. The van der Waals surface area contributed by atoms with Crippen LogP contribution in [0.4, 0.5) is 5.69 Å². The van der Waals surface area contributed by atoms with Gasteiger partial charge in [0, 0.05) is 17.6 Å². The number of rotatable bonds is 4. The van der Waals surface area contributed by atoms with E-state index in [0.717, 1.165) is 22.0 Å². The topological polar surface area (TPSA) is 47.3 Å². The standard InChI is InChI=1S/C11H17ClN2O/c1-7-4-11(15-3)10(5-9(7)12)14-6-8(2)13/h4-5,8,14H,6,13H2,1-3H3. The third-order valence-electron chi connectivity index (χ3n) is 2.10. The maximum atomic E-state index is 6.03. The molecule has 84 valence electrons. The van der Waals surface area contributed by atoms with Crippen molar-refractivity contribution in [2.75, 3.05) is 19.0 Å². The number of aryl methyl sites for hydroxylation is 1. The molecule has 0 saturated carbocycles. The first-order valence-electron chi connectivity index (χ1n) is 4.88. The molecule has 1 atom stereocenters. The molecule has 0 spiro atoms. The van der Waals surface area contributed by atoms with Gasteiger partial charge in [-0.25, -0.2) is 0 Å². The van der Waals surface area contributed by atoms with E-state index in [1.165, 1.54) is 0 Å². The second-order valence-corrected chi connectivity index (χ2v) is 4.07. The fraction of sp³-hybridized carbons (Fsp3) is 0.455. The molecule has 0 aliphatic carbocycles. The summed E-state index contributed by atoms with van der Waals surface area (Å²) < 4.78 is 5.25. The molecule has 1 aromatic carbocycles. The SMILES string of the molecule is COc1cc(C)c(Cl)cc1NCC(C)N. The van der Waals surface area contributed by atoms with Crippen LogP contribution in [0.1, 0.15) is 12.5 Å². The normalized spacial score (nSPS) is 12.3. The van der Waals surface area contributed by atoms with E-state index in [9.17, 15) is 0 Å². The number of hydrogen-bond donors (Lipinski definition) is 2. The fourth-order valence-corrected chi connectivity index (χ4v) is 1.40. The van der Waals surface area contributed by atoms with Gasteiger partial charge in [0.25, 0.3) is 0 Å². The molecule has 0 amide bonds. The van der Waals surface area contributed by atoms with Crippen molar-refractivity contribution in [3.05, 3.63) is 22.7 Å². The Morgan fingerprint density at radius 3 is 2.73 bits per heavy atom. The molecule has 0 saturated heterocycles. The number of nitrogens with one attached hydrogen (secondary N) is 1. The minimum atomic E-state index is 0.0924. The van der Waals surface area contributed by atoms with Crippen molar-refractivity contribution >= 4 is 17.3 Å². The van der Waals surface area contributed by atoms with Gasteiger partial charge in [-0.05, 0) is 31.5 Å². The van der Waals surface area contributed by atoms with Gasteiger partial charge < -0.3 is 15.8 Å². The van der Waals surface area contributed by atoms with Gasteiger partial charge in [-0.3, -0.25) is 0 Å². The highest BCUT2D eigenvalue weighted by molar-refractivity contribution is 6.31. The van der Waals surface area contributed by atoms with Gasteiger partial charge in [-0.2, -0.15) is 0 Å². The highest BCUT2D eigenvalue weighted by Crippen LogP contribution is 2.30. The van der Waals surface area contributed by atoms with Crippen LogP contribution in [0, 0.1) is 6.92 Å². The van der Waals surface area contributed by atoms with Crippen molar-refractivity contribution in [1.82, 2.24) is 0 Å². The Morgan fingerprint density at radius 2 is 2.20 bits per heavy atom. The molecular weight excluding hydrogens is 212 g/mol. The maximum absolute atomic E-state index is 6.03. The second kappa shape index (κ2) is 5.24. The van der Waals surface area contributed by atoms with Gasteiger partial charge in [0.05, 0.1) is 12.8 Å². The van der Waals surface area contributed by atoms with Crippen LogP contribution in [0.5, 0.6) is 5.75 Å². The van der Waals surface area contributed by atoms with Crippen LogP contribution >= 0.6 is 11.6 Å². The highest BCUT2D eigenvalue weighted by Gasteiger charge is 2.06. The van der Waals surface area contributed by atoms with E-state index < -0.39 is 0 Å². The van der Waals surface area contributed by atoms with Crippen LogP contribution in [0.2, 0.25) is 5.02 Å². The summed E-state index contributed by atoms with van der Waals surface area (Å²) in [5.41, 5.74) is 7.54. The third kappa shape index (κ3) is 3.29. The zero-order chi connectivity index (χ0) is 11.4. The molecule has 1 aromatic rings. The van der Waals surface area contributed by atoms with Gasteiger partial charge in [-0.1, -0.05) is 11.6 Å². The number of hydrogen-bond acceptors (Lipinski definition) is 3. The highest BCUT2D eigenvalue weighted by atomic mass is 35.5. The van der Waals surface area contributed by atoms with Crippen molar-refractivity contribution in [3.8, 4) is 5.75 Å². The Kier molecular flexibility index (Phi) is 4.24. The molecule has 0 aliphatic heterocycles. The molecule has 3 nitrogen and oxygen atoms in total. The molecule has 15 heavy (non-hydrogen) atoms. The van der Waals surface area contributed by atoms with Crippen LogP contribution < -0.4 is 15.8 Å². The van der Waals surface area contributed by atoms with Gasteiger partial charge in [0.15, 0.2) is 0 Å². The maximum Gasteiger partial charge on any atom is 0.142 e. The average Bonchev–Trinajstić information content (AvgIpc) is 2.19. The van der Waals surface area contributed by atoms with Gasteiger partial charge >= 0.3 is 0 Å². The first-order valence-corrected chi connectivity index (χ1v) is 5.26. The number of halogens is 1. The lowest BCUT2D eigenvalue weighted by Gasteiger charge is -2.14. The number of nitrogens with two attached hydrogens (primary N) is 1. The predicted octanol–water partition coefficient (Wildman–Crippen LogP) is 2.42. The molecule has 0 aromatic heterocycles.